The number of carbonyl (C=O) groups excluding carboxylic acids is 1. The van der Waals surface area contributed by atoms with E-state index in [0.29, 0.717) is 0 Å². The van der Waals surface area contributed by atoms with Crippen molar-refractivity contribution in [2.75, 3.05) is 7.11 Å². The van der Waals surface area contributed by atoms with Crippen LogP contribution < -0.4 is 0 Å². The highest BCUT2D eigenvalue weighted by atomic mass is 19.2. The molecule has 0 atom stereocenters. The van der Waals surface area contributed by atoms with Gasteiger partial charge in [-0.2, -0.15) is 0 Å². The smallest absolute Gasteiger partial charge is 0.338 e. The molecule has 0 spiro atoms. The molecule has 2 aromatic carbocycles. The van der Waals surface area contributed by atoms with Crippen LogP contribution >= 0.6 is 0 Å². The molecule has 0 aliphatic carbocycles. The van der Waals surface area contributed by atoms with Crippen LogP contribution in [0.15, 0.2) is 36.4 Å². The third-order valence-electron chi connectivity index (χ3n) is 2.64. The van der Waals surface area contributed by atoms with E-state index < -0.39 is 23.4 Å². The fraction of sp³-hybridized carbons (Fsp3) is 0.0714. The summed E-state index contributed by atoms with van der Waals surface area (Å²) in [6, 6.07) is 6.99. The van der Waals surface area contributed by atoms with Gasteiger partial charge in [0.25, 0.3) is 0 Å². The largest absolute Gasteiger partial charge is 0.465 e. The van der Waals surface area contributed by atoms with Gasteiger partial charge in [0.05, 0.1) is 12.7 Å². The summed E-state index contributed by atoms with van der Waals surface area (Å²) < 4.78 is 45.3. The standard InChI is InChI=1S/C14H9F3O2/c1-19-14(18)9-5-3-6-10(15)12(9)8-4-2-7-11(16)13(8)17/h2-7H,1H3. The van der Waals surface area contributed by atoms with Crippen molar-refractivity contribution in [1.82, 2.24) is 0 Å². The quantitative estimate of drug-likeness (QED) is 0.777. The van der Waals surface area contributed by atoms with E-state index in [1.807, 2.05) is 0 Å². The van der Waals surface area contributed by atoms with Crippen LogP contribution in [0.3, 0.4) is 0 Å². The number of ether oxygens (including phenoxy) is 1. The SMILES string of the molecule is COC(=O)c1cccc(F)c1-c1cccc(F)c1F. The van der Waals surface area contributed by atoms with E-state index in [-0.39, 0.29) is 16.7 Å². The Labute approximate surface area is 107 Å². The van der Waals surface area contributed by atoms with Gasteiger partial charge in [0.2, 0.25) is 0 Å². The van der Waals surface area contributed by atoms with Crippen molar-refractivity contribution in [3.05, 3.63) is 59.4 Å². The molecule has 0 bridgehead atoms. The van der Waals surface area contributed by atoms with E-state index in [4.69, 9.17) is 0 Å². The zero-order chi connectivity index (χ0) is 14.0. The predicted molar refractivity (Wildman–Crippen MR) is 63.1 cm³/mol. The first kappa shape index (κ1) is 13.1. The maximum atomic E-state index is 13.8. The molecule has 0 heterocycles. The molecule has 0 aliphatic rings. The summed E-state index contributed by atoms with van der Waals surface area (Å²) in [5, 5.41) is 0. The molecule has 98 valence electrons. The lowest BCUT2D eigenvalue weighted by Gasteiger charge is -2.10. The minimum Gasteiger partial charge on any atom is -0.465 e. The minimum absolute atomic E-state index is 0.160. The fourth-order valence-electron chi connectivity index (χ4n) is 1.77. The van der Waals surface area contributed by atoms with Crippen molar-refractivity contribution in [3.8, 4) is 11.1 Å². The van der Waals surface area contributed by atoms with Crippen LogP contribution in [0.5, 0.6) is 0 Å². The van der Waals surface area contributed by atoms with Gasteiger partial charge in [-0.3, -0.25) is 0 Å². The summed E-state index contributed by atoms with van der Waals surface area (Å²) in [7, 11) is 1.12. The summed E-state index contributed by atoms with van der Waals surface area (Å²) in [6.07, 6.45) is 0. The van der Waals surface area contributed by atoms with Crippen LogP contribution in [-0.2, 0) is 4.74 Å². The molecule has 5 heteroatoms. The highest BCUT2D eigenvalue weighted by Crippen LogP contribution is 2.30. The molecule has 0 fully saturated rings. The van der Waals surface area contributed by atoms with E-state index in [9.17, 15) is 18.0 Å². The van der Waals surface area contributed by atoms with Gasteiger partial charge in [-0.25, -0.2) is 18.0 Å². The minimum atomic E-state index is -1.21. The van der Waals surface area contributed by atoms with Crippen molar-refractivity contribution in [2.24, 2.45) is 0 Å². The molecule has 0 aromatic heterocycles. The first-order valence-electron chi connectivity index (χ1n) is 5.37. The van der Waals surface area contributed by atoms with Gasteiger partial charge in [-0.05, 0) is 18.2 Å². The molecule has 0 saturated heterocycles. The number of halogens is 3. The van der Waals surface area contributed by atoms with E-state index in [1.54, 1.807) is 0 Å². The van der Waals surface area contributed by atoms with Crippen molar-refractivity contribution >= 4 is 5.97 Å². The normalized spacial score (nSPS) is 10.3. The zero-order valence-corrected chi connectivity index (χ0v) is 9.91. The first-order valence-corrected chi connectivity index (χ1v) is 5.37. The summed E-state index contributed by atoms with van der Waals surface area (Å²) in [4.78, 5) is 11.6. The number of rotatable bonds is 2. The average Bonchev–Trinajstić information content (AvgIpc) is 2.41. The Bertz CT molecular complexity index is 639. The highest BCUT2D eigenvalue weighted by molar-refractivity contribution is 5.97. The van der Waals surface area contributed by atoms with Crippen LogP contribution in [0.1, 0.15) is 10.4 Å². The van der Waals surface area contributed by atoms with Crippen LogP contribution in [-0.4, -0.2) is 13.1 Å². The van der Waals surface area contributed by atoms with Crippen LogP contribution in [0.25, 0.3) is 11.1 Å². The third kappa shape index (κ3) is 2.31. The van der Waals surface area contributed by atoms with Gasteiger partial charge in [0, 0.05) is 11.1 Å². The van der Waals surface area contributed by atoms with Crippen molar-refractivity contribution < 1.29 is 22.7 Å². The topological polar surface area (TPSA) is 26.3 Å². The molecule has 0 N–H and O–H groups in total. The first-order chi connectivity index (χ1) is 9.06. The van der Waals surface area contributed by atoms with Gasteiger partial charge in [0.15, 0.2) is 11.6 Å². The number of methoxy groups -OCH3 is 1. The summed E-state index contributed by atoms with van der Waals surface area (Å²) in [6.45, 7) is 0. The molecule has 2 nitrogen and oxygen atoms in total. The molecule has 0 radical (unpaired) electrons. The predicted octanol–water partition coefficient (Wildman–Crippen LogP) is 3.56. The third-order valence-corrected chi connectivity index (χ3v) is 2.64. The van der Waals surface area contributed by atoms with E-state index in [0.717, 1.165) is 19.2 Å². The van der Waals surface area contributed by atoms with Gasteiger partial charge >= 0.3 is 5.97 Å². The monoisotopic (exact) mass is 266 g/mol. The molecule has 19 heavy (non-hydrogen) atoms. The zero-order valence-electron chi connectivity index (χ0n) is 9.91. The summed E-state index contributed by atoms with van der Waals surface area (Å²) in [5.41, 5.74) is -0.795. The molecule has 0 unspecified atom stereocenters. The van der Waals surface area contributed by atoms with Gasteiger partial charge in [-0.1, -0.05) is 18.2 Å². The molecular weight excluding hydrogens is 257 g/mol. The summed E-state index contributed by atoms with van der Waals surface area (Å²) >= 11 is 0. The van der Waals surface area contributed by atoms with Crippen molar-refractivity contribution in [3.63, 3.8) is 0 Å². The van der Waals surface area contributed by atoms with Gasteiger partial charge in [0.1, 0.15) is 5.82 Å². The Balaban J connectivity index is 2.74. The second-order valence-corrected chi connectivity index (χ2v) is 3.76. The number of hydrogen-bond acceptors (Lipinski definition) is 2. The Morgan fingerprint density at radius 3 is 2.32 bits per heavy atom. The molecule has 0 saturated carbocycles. The maximum Gasteiger partial charge on any atom is 0.338 e. The Morgan fingerprint density at radius 1 is 1.00 bits per heavy atom. The molecule has 0 amide bonds. The van der Waals surface area contributed by atoms with E-state index in [2.05, 4.69) is 4.74 Å². The molecule has 2 rings (SSSR count). The second kappa shape index (κ2) is 5.14. The van der Waals surface area contributed by atoms with Crippen molar-refractivity contribution in [1.29, 1.82) is 0 Å². The number of esters is 1. The lowest BCUT2D eigenvalue weighted by atomic mass is 9.98. The van der Waals surface area contributed by atoms with E-state index >= 15 is 0 Å². The van der Waals surface area contributed by atoms with Crippen LogP contribution in [0, 0.1) is 17.5 Å². The van der Waals surface area contributed by atoms with Gasteiger partial charge in [-0.15, -0.1) is 0 Å². The highest BCUT2D eigenvalue weighted by Gasteiger charge is 2.21. The molecular formula is C14H9F3O2. The maximum absolute atomic E-state index is 13.8. The van der Waals surface area contributed by atoms with Gasteiger partial charge < -0.3 is 4.74 Å². The van der Waals surface area contributed by atoms with E-state index in [1.165, 1.54) is 24.3 Å². The lowest BCUT2D eigenvalue weighted by molar-refractivity contribution is 0.0601. The molecule has 0 aliphatic heterocycles. The fourth-order valence-corrected chi connectivity index (χ4v) is 1.77. The van der Waals surface area contributed by atoms with Crippen LogP contribution in [0.4, 0.5) is 13.2 Å². The lowest BCUT2D eigenvalue weighted by Crippen LogP contribution is -2.06. The number of hydrogen-bond donors (Lipinski definition) is 0. The average molecular weight is 266 g/mol. The number of benzene rings is 2. The van der Waals surface area contributed by atoms with Crippen LogP contribution in [0.2, 0.25) is 0 Å². The number of carbonyl (C=O) groups is 1. The Kier molecular flexibility index (Phi) is 3.55. The Hall–Kier alpha value is -2.30. The second-order valence-electron chi connectivity index (χ2n) is 3.76. The van der Waals surface area contributed by atoms with Crippen molar-refractivity contribution in [2.45, 2.75) is 0 Å². The Morgan fingerprint density at radius 2 is 1.63 bits per heavy atom. The molecule has 2 aromatic rings. The summed E-state index contributed by atoms with van der Waals surface area (Å²) in [5.74, 6) is -3.97.